The number of ether oxygens (including phenoxy) is 4. The number of furan rings is 1. The summed E-state index contributed by atoms with van der Waals surface area (Å²) in [4.78, 5) is 5.00. The van der Waals surface area contributed by atoms with Crippen LogP contribution in [-0.2, 0) is 0 Å². The Kier molecular flexibility index (Phi) is 6.77. The Morgan fingerprint density at radius 2 is 1.47 bits per heavy atom. The van der Waals surface area contributed by atoms with Gasteiger partial charge in [-0.2, -0.15) is 0 Å². The molecule has 0 saturated heterocycles. The van der Waals surface area contributed by atoms with Crippen LogP contribution in [0.5, 0.6) is 23.0 Å². The van der Waals surface area contributed by atoms with Crippen LogP contribution in [-0.4, -0.2) is 27.9 Å². The van der Waals surface area contributed by atoms with Crippen molar-refractivity contribution in [1.29, 1.82) is 0 Å². The third kappa shape index (κ3) is 4.44. The highest BCUT2D eigenvalue weighted by Gasteiger charge is 2.16. The molecule has 34 heavy (non-hydrogen) atoms. The zero-order chi connectivity index (χ0) is 24.2. The van der Waals surface area contributed by atoms with Crippen LogP contribution in [0.3, 0.4) is 0 Å². The molecule has 176 valence electrons. The Balaban J connectivity index is 2.10. The second-order valence-electron chi connectivity index (χ2n) is 7.77. The normalized spacial score (nSPS) is 11.5. The van der Waals surface area contributed by atoms with E-state index in [9.17, 15) is 0 Å². The fourth-order valence-electron chi connectivity index (χ4n) is 4.12. The molecule has 0 amide bonds. The zero-order valence-corrected chi connectivity index (χ0v) is 20.4. The molecule has 0 aliphatic heterocycles. The molecule has 0 radical (unpaired) electrons. The van der Waals surface area contributed by atoms with Crippen molar-refractivity contribution in [3.8, 4) is 34.1 Å². The summed E-state index contributed by atoms with van der Waals surface area (Å²) in [5, 5.41) is 2.59. The third-order valence-corrected chi connectivity index (χ3v) is 5.66. The van der Waals surface area contributed by atoms with E-state index in [0.717, 1.165) is 56.0 Å². The number of methoxy groups -OCH3 is 3. The quantitative estimate of drug-likeness (QED) is 0.321. The zero-order valence-electron chi connectivity index (χ0n) is 20.4. The molecular weight excluding hydrogens is 430 g/mol. The number of benzene rings is 2. The SMILES string of the molecule is CCOc1cc(-c2ccc(OC)c(OC)c2)cc(=Nc2cccc(OC)c2)c2c(C)oc(C)c12. The smallest absolute Gasteiger partial charge is 0.161 e. The lowest BCUT2D eigenvalue weighted by molar-refractivity contribution is 0.344. The number of hydrogen-bond acceptors (Lipinski definition) is 6. The molecule has 1 heterocycles. The van der Waals surface area contributed by atoms with Crippen LogP contribution >= 0.6 is 0 Å². The lowest BCUT2D eigenvalue weighted by Crippen LogP contribution is -2.00. The minimum Gasteiger partial charge on any atom is -0.497 e. The Bertz CT molecular complexity index is 1400. The van der Waals surface area contributed by atoms with Crippen molar-refractivity contribution in [3.05, 3.63) is 71.5 Å². The van der Waals surface area contributed by atoms with Crippen molar-refractivity contribution in [2.75, 3.05) is 27.9 Å². The van der Waals surface area contributed by atoms with Gasteiger partial charge in [0.2, 0.25) is 0 Å². The van der Waals surface area contributed by atoms with Crippen LogP contribution in [0.2, 0.25) is 0 Å². The molecule has 3 aromatic carbocycles. The van der Waals surface area contributed by atoms with Gasteiger partial charge in [-0.25, -0.2) is 4.99 Å². The first-order valence-electron chi connectivity index (χ1n) is 11.1. The maximum atomic E-state index is 6.10. The molecule has 0 fully saturated rings. The highest BCUT2D eigenvalue weighted by Crippen LogP contribution is 2.36. The van der Waals surface area contributed by atoms with Crippen molar-refractivity contribution in [3.63, 3.8) is 0 Å². The molecule has 0 atom stereocenters. The van der Waals surface area contributed by atoms with Crippen LogP contribution < -0.4 is 24.3 Å². The second kappa shape index (κ2) is 9.91. The number of hydrogen-bond donors (Lipinski definition) is 0. The van der Waals surface area contributed by atoms with E-state index in [4.69, 9.17) is 28.4 Å². The fourth-order valence-corrected chi connectivity index (χ4v) is 4.12. The van der Waals surface area contributed by atoms with E-state index in [1.807, 2.05) is 75.4 Å². The van der Waals surface area contributed by atoms with Crippen LogP contribution in [0, 0.1) is 13.8 Å². The molecule has 0 aliphatic rings. The molecule has 4 rings (SSSR count). The fraction of sp³-hybridized carbons (Fsp3) is 0.250. The summed E-state index contributed by atoms with van der Waals surface area (Å²) in [6.45, 7) is 6.39. The van der Waals surface area contributed by atoms with E-state index in [1.165, 1.54) is 0 Å². The van der Waals surface area contributed by atoms with Crippen molar-refractivity contribution in [2.24, 2.45) is 4.99 Å². The average Bonchev–Trinajstić information content (AvgIpc) is 3.05. The van der Waals surface area contributed by atoms with Gasteiger partial charge < -0.3 is 23.4 Å². The van der Waals surface area contributed by atoms with E-state index >= 15 is 0 Å². The van der Waals surface area contributed by atoms with Gasteiger partial charge in [-0.05, 0) is 68.3 Å². The predicted molar refractivity (Wildman–Crippen MR) is 134 cm³/mol. The molecule has 0 bridgehead atoms. The minimum atomic E-state index is 0.524. The predicted octanol–water partition coefficient (Wildman–Crippen LogP) is 6.37. The van der Waals surface area contributed by atoms with Gasteiger partial charge in [0.15, 0.2) is 11.5 Å². The second-order valence-corrected chi connectivity index (χ2v) is 7.77. The number of aryl methyl sites for hydroxylation is 2. The summed E-state index contributed by atoms with van der Waals surface area (Å²) >= 11 is 0. The molecule has 0 N–H and O–H groups in total. The molecule has 1 aromatic heterocycles. The summed E-state index contributed by atoms with van der Waals surface area (Å²) in [5.74, 6) is 4.37. The highest BCUT2D eigenvalue weighted by atomic mass is 16.5. The third-order valence-electron chi connectivity index (χ3n) is 5.66. The lowest BCUT2D eigenvalue weighted by atomic mass is 10.1. The van der Waals surface area contributed by atoms with E-state index in [-0.39, 0.29) is 0 Å². The molecule has 0 unspecified atom stereocenters. The van der Waals surface area contributed by atoms with Gasteiger partial charge in [0.25, 0.3) is 0 Å². The Hall–Kier alpha value is -3.93. The van der Waals surface area contributed by atoms with Crippen LogP contribution in [0.4, 0.5) is 5.69 Å². The van der Waals surface area contributed by atoms with Crippen molar-refractivity contribution in [2.45, 2.75) is 20.8 Å². The van der Waals surface area contributed by atoms with E-state index in [1.54, 1.807) is 21.3 Å². The van der Waals surface area contributed by atoms with E-state index < -0.39 is 0 Å². The van der Waals surface area contributed by atoms with Gasteiger partial charge in [0.1, 0.15) is 23.0 Å². The van der Waals surface area contributed by atoms with E-state index in [0.29, 0.717) is 18.1 Å². The summed E-state index contributed by atoms with van der Waals surface area (Å²) in [6, 6.07) is 17.6. The molecule has 6 nitrogen and oxygen atoms in total. The van der Waals surface area contributed by atoms with Gasteiger partial charge in [0.05, 0.1) is 49.8 Å². The number of rotatable bonds is 7. The Morgan fingerprint density at radius 3 is 2.18 bits per heavy atom. The molecule has 6 heteroatoms. The standard InChI is InChI=1S/C28H29NO5/c1-7-33-26-15-20(19-11-12-24(31-5)25(14-19)32-6)13-23(27-17(2)34-18(3)28(26)27)29-21-9-8-10-22(16-21)30-4/h8-16H,7H2,1-6H3. The molecule has 0 spiro atoms. The van der Waals surface area contributed by atoms with Crippen LogP contribution in [0.25, 0.3) is 21.9 Å². The topological polar surface area (TPSA) is 62.4 Å². The first-order chi connectivity index (χ1) is 16.5. The van der Waals surface area contributed by atoms with Gasteiger partial charge >= 0.3 is 0 Å². The van der Waals surface area contributed by atoms with Crippen LogP contribution in [0.1, 0.15) is 18.4 Å². The van der Waals surface area contributed by atoms with Gasteiger partial charge in [-0.15, -0.1) is 0 Å². The van der Waals surface area contributed by atoms with Crippen LogP contribution in [0.15, 0.2) is 64.0 Å². The average molecular weight is 460 g/mol. The molecule has 0 saturated carbocycles. The highest BCUT2D eigenvalue weighted by molar-refractivity contribution is 5.93. The summed E-state index contributed by atoms with van der Waals surface area (Å²) in [6.07, 6.45) is 0. The summed E-state index contributed by atoms with van der Waals surface area (Å²) in [7, 11) is 4.90. The monoisotopic (exact) mass is 459 g/mol. The lowest BCUT2D eigenvalue weighted by Gasteiger charge is -2.09. The van der Waals surface area contributed by atoms with Gasteiger partial charge in [0, 0.05) is 6.07 Å². The molecule has 4 aromatic rings. The molecular formula is C28H29NO5. The van der Waals surface area contributed by atoms with Gasteiger partial charge in [-0.3, -0.25) is 0 Å². The maximum Gasteiger partial charge on any atom is 0.161 e. The number of fused-ring (bicyclic) bond motifs is 1. The molecule has 0 aliphatic carbocycles. The summed E-state index contributed by atoms with van der Waals surface area (Å²) < 4.78 is 28.5. The first kappa shape index (κ1) is 23.2. The Labute approximate surface area is 199 Å². The van der Waals surface area contributed by atoms with E-state index in [2.05, 4.69) is 0 Å². The Morgan fingerprint density at radius 1 is 0.735 bits per heavy atom. The first-order valence-corrected chi connectivity index (χ1v) is 11.1. The number of nitrogens with zero attached hydrogens (tertiary/aromatic N) is 1. The van der Waals surface area contributed by atoms with Crippen molar-refractivity contribution < 1.29 is 23.4 Å². The van der Waals surface area contributed by atoms with Gasteiger partial charge in [-0.1, -0.05) is 12.1 Å². The summed E-state index contributed by atoms with van der Waals surface area (Å²) in [5.41, 5.74) is 2.66. The maximum absolute atomic E-state index is 6.10. The minimum absolute atomic E-state index is 0.524. The van der Waals surface area contributed by atoms with Crippen molar-refractivity contribution in [1.82, 2.24) is 0 Å². The van der Waals surface area contributed by atoms with Crippen molar-refractivity contribution >= 4 is 16.5 Å². The largest absolute Gasteiger partial charge is 0.497 e.